The van der Waals surface area contributed by atoms with Crippen LogP contribution in [-0.4, -0.2) is 25.0 Å². The van der Waals surface area contributed by atoms with Crippen molar-refractivity contribution in [3.05, 3.63) is 24.2 Å². The molecule has 82 valence electrons. The SMILES string of the molecule is CC(C#N)S(=O)(=O)N(C)Cc1ccoc1. The lowest BCUT2D eigenvalue weighted by Gasteiger charge is -2.17. The molecule has 1 atom stereocenters. The van der Waals surface area contributed by atoms with Crippen molar-refractivity contribution < 1.29 is 12.8 Å². The minimum Gasteiger partial charge on any atom is -0.472 e. The highest BCUT2D eigenvalue weighted by molar-refractivity contribution is 7.89. The molecule has 1 rings (SSSR count). The minimum absolute atomic E-state index is 0.213. The minimum atomic E-state index is -3.53. The summed E-state index contributed by atoms with van der Waals surface area (Å²) in [4.78, 5) is 0. The van der Waals surface area contributed by atoms with Gasteiger partial charge >= 0.3 is 0 Å². The molecule has 0 N–H and O–H groups in total. The first-order chi connectivity index (χ1) is 6.98. The molecule has 1 heterocycles. The zero-order chi connectivity index (χ0) is 11.5. The molecule has 0 aliphatic rings. The van der Waals surface area contributed by atoms with Crippen LogP contribution in [0.25, 0.3) is 0 Å². The molecule has 6 heteroatoms. The summed E-state index contributed by atoms with van der Waals surface area (Å²) < 4.78 is 29.3. The van der Waals surface area contributed by atoms with Crippen LogP contribution in [0.3, 0.4) is 0 Å². The van der Waals surface area contributed by atoms with Crippen LogP contribution in [0.4, 0.5) is 0 Å². The van der Waals surface area contributed by atoms with Crippen LogP contribution in [0.5, 0.6) is 0 Å². The maximum Gasteiger partial charge on any atom is 0.230 e. The molecule has 15 heavy (non-hydrogen) atoms. The normalized spacial score (nSPS) is 13.7. The Morgan fingerprint density at radius 3 is 2.80 bits per heavy atom. The van der Waals surface area contributed by atoms with Gasteiger partial charge in [-0.05, 0) is 13.0 Å². The lowest BCUT2D eigenvalue weighted by Crippen LogP contribution is -2.33. The van der Waals surface area contributed by atoms with Crippen molar-refractivity contribution in [1.29, 1.82) is 5.26 Å². The smallest absolute Gasteiger partial charge is 0.230 e. The van der Waals surface area contributed by atoms with Crippen molar-refractivity contribution in [2.45, 2.75) is 18.7 Å². The van der Waals surface area contributed by atoms with E-state index in [9.17, 15) is 8.42 Å². The average molecular weight is 228 g/mol. The van der Waals surface area contributed by atoms with Crippen molar-refractivity contribution >= 4 is 10.0 Å². The zero-order valence-electron chi connectivity index (χ0n) is 8.54. The summed E-state index contributed by atoms with van der Waals surface area (Å²) in [6.45, 7) is 1.58. The van der Waals surface area contributed by atoms with E-state index in [1.54, 1.807) is 12.1 Å². The molecule has 1 unspecified atom stereocenters. The highest BCUT2D eigenvalue weighted by Crippen LogP contribution is 2.11. The highest BCUT2D eigenvalue weighted by atomic mass is 32.2. The van der Waals surface area contributed by atoms with Gasteiger partial charge in [0.1, 0.15) is 0 Å². The lowest BCUT2D eigenvalue weighted by molar-refractivity contribution is 0.460. The predicted octanol–water partition coefficient (Wildman–Crippen LogP) is 0.953. The zero-order valence-corrected chi connectivity index (χ0v) is 9.36. The van der Waals surface area contributed by atoms with E-state index in [-0.39, 0.29) is 6.54 Å². The van der Waals surface area contributed by atoms with Crippen LogP contribution in [0.15, 0.2) is 23.0 Å². The average Bonchev–Trinajstić information content (AvgIpc) is 2.68. The summed E-state index contributed by atoms with van der Waals surface area (Å²) in [5, 5.41) is 7.54. The van der Waals surface area contributed by atoms with Gasteiger partial charge in [0.2, 0.25) is 10.0 Å². The van der Waals surface area contributed by atoms with E-state index >= 15 is 0 Å². The van der Waals surface area contributed by atoms with E-state index in [0.717, 1.165) is 9.87 Å². The molecule has 1 aromatic rings. The molecule has 0 aliphatic carbocycles. The summed E-state index contributed by atoms with van der Waals surface area (Å²) in [5.41, 5.74) is 0.756. The maximum atomic E-state index is 11.7. The fourth-order valence-electron chi connectivity index (χ4n) is 1.07. The van der Waals surface area contributed by atoms with Crippen molar-refractivity contribution in [3.8, 4) is 6.07 Å². The Morgan fingerprint density at radius 1 is 1.67 bits per heavy atom. The van der Waals surface area contributed by atoms with Crippen molar-refractivity contribution in [2.75, 3.05) is 7.05 Å². The molecular weight excluding hydrogens is 216 g/mol. The van der Waals surface area contributed by atoms with Crippen LogP contribution in [0, 0.1) is 11.3 Å². The van der Waals surface area contributed by atoms with Gasteiger partial charge < -0.3 is 4.42 Å². The van der Waals surface area contributed by atoms with Crippen molar-refractivity contribution in [2.24, 2.45) is 0 Å². The van der Waals surface area contributed by atoms with Gasteiger partial charge in [0.15, 0.2) is 5.25 Å². The van der Waals surface area contributed by atoms with Gasteiger partial charge in [-0.1, -0.05) is 0 Å². The van der Waals surface area contributed by atoms with Gasteiger partial charge in [-0.15, -0.1) is 0 Å². The number of hydrogen-bond acceptors (Lipinski definition) is 4. The van der Waals surface area contributed by atoms with E-state index in [0.29, 0.717) is 0 Å². The second-order valence-electron chi connectivity index (χ2n) is 3.20. The standard InChI is InChI=1S/C9H12N2O3S/c1-8(5-10)15(12,13)11(2)6-9-3-4-14-7-9/h3-4,7-8H,6H2,1-2H3. The Balaban J connectivity index is 2.78. The number of sulfonamides is 1. The van der Waals surface area contributed by atoms with E-state index in [1.807, 2.05) is 0 Å². The first-order valence-electron chi connectivity index (χ1n) is 4.34. The molecule has 0 saturated heterocycles. The second kappa shape index (κ2) is 4.47. The maximum absolute atomic E-state index is 11.7. The fraction of sp³-hybridized carbons (Fsp3) is 0.444. The predicted molar refractivity (Wildman–Crippen MR) is 54.2 cm³/mol. The van der Waals surface area contributed by atoms with E-state index < -0.39 is 15.3 Å². The fourth-order valence-corrected chi connectivity index (χ4v) is 2.07. The Labute approximate surface area is 89.0 Å². The van der Waals surface area contributed by atoms with E-state index in [2.05, 4.69) is 0 Å². The van der Waals surface area contributed by atoms with Crippen molar-refractivity contribution in [1.82, 2.24) is 4.31 Å². The van der Waals surface area contributed by atoms with Gasteiger partial charge in [0, 0.05) is 19.2 Å². The Kier molecular flexibility index (Phi) is 3.50. The van der Waals surface area contributed by atoms with Crippen LogP contribution in [0.2, 0.25) is 0 Å². The second-order valence-corrected chi connectivity index (χ2v) is 5.56. The van der Waals surface area contributed by atoms with Gasteiger partial charge in [0.25, 0.3) is 0 Å². The largest absolute Gasteiger partial charge is 0.472 e. The number of rotatable bonds is 4. The summed E-state index contributed by atoms with van der Waals surface area (Å²) in [5.74, 6) is 0. The highest BCUT2D eigenvalue weighted by Gasteiger charge is 2.25. The van der Waals surface area contributed by atoms with Gasteiger partial charge in [-0.2, -0.15) is 9.57 Å². The third-order valence-corrected chi connectivity index (χ3v) is 4.05. The number of nitrogens with zero attached hydrogens (tertiary/aromatic N) is 2. The monoisotopic (exact) mass is 228 g/mol. The number of nitriles is 1. The number of hydrogen-bond donors (Lipinski definition) is 0. The van der Waals surface area contributed by atoms with Crippen LogP contribution in [0.1, 0.15) is 12.5 Å². The molecule has 0 aliphatic heterocycles. The molecule has 0 aromatic carbocycles. The first-order valence-corrected chi connectivity index (χ1v) is 5.84. The third kappa shape index (κ3) is 2.58. The summed E-state index contributed by atoms with van der Waals surface area (Å²) in [7, 11) is -2.09. The Morgan fingerprint density at radius 2 is 2.33 bits per heavy atom. The summed E-state index contributed by atoms with van der Waals surface area (Å²) >= 11 is 0. The lowest BCUT2D eigenvalue weighted by atomic mass is 10.3. The molecular formula is C9H12N2O3S. The van der Waals surface area contributed by atoms with E-state index in [4.69, 9.17) is 9.68 Å². The van der Waals surface area contributed by atoms with E-state index in [1.165, 1.54) is 26.5 Å². The first kappa shape index (κ1) is 11.8. The topological polar surface area (TPSA) is 74.3 Å². The van der Waals surface area contributed by atoms with Crippen LogP contribution < -0.4 is 0 Å². The van der Waals surface area contributed by atoms with Crippen LogP contribution >= 0.6 is 0 Å². The molecule has 0 fully saturated rings. The quantitative estimate of drug-likeness (QED) is 0.769. The molecule has 0 bridgehead atoms. The molecule has 1 aromatic heterocycles. The Bertz CT molecular complexity index is 444. The van der Waals surface area contributed by atoms with Gasteiger partial charge in [-0.3, -0.25) is 0 Å². The van der Waals surface area contributed by atoms with Crippen molar-refractivity contribution in [3.63, 3.8) is 0 Å². The third-order valence-electron chi connectivity index (χ3n) is 2.05. The summed E-state index contributed by atoms with van der Waals surface area (Å²) in [6, 6.07) is 3.40. The number of furan rings is 1. The molecule has 0 amide bonds. The molecule has 0 radical (unpaired) electrons. The van der Waals surface area contributed by atoms with Gasteiger partial charge in [-0.25, -0.2) is 8.42 Å². The molecule has 0 saturated carbocycles. The Hall–Kier alpha value is -1.32. The molecule has 0 spiro atoms. The van der Waals surface area contributed by atoms with Crippen LogP contribution in [-0.2, 0) is 16.6 Å². The van der Waals surface area contributed by atoms with Gasteiger partial charge in [0.05, 0.1) is 18.6 Å². The molecule has 5 nitrogen and oxygen atoms in total. The summed E-state index contributed by atoms with van der Waals surface area (Å²) in [6.07, 6.45) is 2.95.